The molecular weight excluding hydrogens is 456 g/mol. The van der Waals surface area contributed by atoms with Crippen LogP contribution in [0.15, 0.2) is 72.3 Å². The van der Waals surface area contributed by atoms with E-state index in [0.29, 0.717) is 33.4 Å². The minimum Gasteiger partial charge on any atom is -0.320 e. The lowest BCUT2D eigenvalue weighted by atomic mass is 10.1. The molecule has 0 aliphatic heterocycles. The Labute approximate surface area is 197 Å². The number of amides is 1. The summed E-state index contributed by atoms with van der Waals surface area (Å²) in [7, 11) is 0. The first-order valence-electron chi connectivity index (χ1n) is 10.6. The molecule has 5 heterocycles. The van der Waals surface area contributed by atoms with Crippen LogP contribution in [-0.4, -0.2) is 39.8 Å². The van der Waals surface area contributed by atoms with E-state index < -0.39 is 0 Å². The predicted molar refractivity (Wildman–Crippen MR) is 125 cm³/mol. The van der Waals surface area contributed by atoms with Crippen molar-refractivity contribution < 1.29 is 4.79 Å². The largest absolute Gasteiger partial charge is 0.320 e. The third-order valence-corrected chi connectivity index (χ3v) is 5.92. The van der Waals surface area contributed by atoms with Crippen LogP contribution in [0.2, 0.25) is 5.02 Å². The number of hydrogen-bond acceptors (Lipinski definition) is 6. The quantitative estimate of drug-likeness (QED) is 0.420. The zero-order valence-corrected chi connectivity index (χ0v) is 18.4. The van der Waals surface area contributed by atoms with Gasteiger partial charge in [0.25, 0.3) is 11.5 Å². The fraction of sp³-hybridized carbons (Fsp3) is 0.130. The number of nitrogens with one attached hydrogen (secondary N) is 1. The first-order chi connectivity index (χ1) is 16.6. The molecule has 5 aromatic heterocycles. The van der Waals surface area contributed by atoms with Crippen molar-refractivity contribution in [1.82, 2.24) is 33.9 Å². The maximum atomic E-state index is 13.2. The Hall–Kier alpha value is -4.31. The number of carbonyl (C=O) groups excluding carboxylic acids is 1. The Bertz CT molecular complexity index is 1600. The Morgan fingerprint density at radius 3 is 2.71 bits per heavy atom. The normalized spacial score (nSPS) is 13.3. The lowest BCUT2D eigenvalue weighted by molar-refractivity contribution is 0.102. The second kappa shape index (κ2) is 7.92. The molecule has 1 amide bonds. The molecule has 0 bridgehead atoms. The Balaban J connectivity index is 1.36. The lowest BCUT2D eigenvalue weighted by Crippen LogP contribution is -2.17. The highest BCUT2D eigenvalue weighted by molar-refractivity contribution is 6.32. The van der Waals surface area contributed by atoms with Crippen molar-refractivity contribution in [3.63, 3.8) is 0 Å². The van der Waals surface area contributed by atoms with Gasteiger partial charge in [0.05, 0.1) is 34.4 Å². The van der Waals surface area contributed by atoms with Crippen molar-refractivity contribution in [2.75, 3.05) is 5.32 Å². The van der Waals surface area contributed by atoms with E-state index >= 15 is 0 Å². The van der Waals surface area contributed by atoms with Gasteiger partial charge in [0.15, 0.2) is 11.5 Å². The SMILES string of the molecule is O=C(Nc1cnc(-n2cccn2)c(Cl)c1)c1cnn(-c2cccn3c(=O)ccnc23)c1C1CC1. The first-order valence-corrected chi connectivity index (χ1v) is 11.0. The number of halogens is 1. The average molecular weight is 473 g/mol. The molecule has 6 rings (SSSR count). The minimum absolute atomic E-state index is 0.187. The minimum atomic E-state index is -0.316. The van der Waals surface area contributed by atoms with Crippen LogP contribution in [0.3, 0.4) is 0 Å². The molecule has 1 aliphatic carbocycles. The van der Waals surface area contributed by atoms with Crippen LogP contribution in [0, 0.1) is 0 Å². The molecule has 1 N–H and O–H groups in total. The molecule has 0 aromatic carbocycles. The van der Waals surface area contributed by atoms with E-state index in [2.05, 4.69) is 25.5 Å². The number of hydrogen-bond donors (Lipinski definition) is 1. The van der Waals surface area contributed by atoms with Crippen molar-refractivity contribution in [3.8, 4) is 11.5 Å². The van der Waals surface area contributed by atoms with Crippen molar-refractivity contribution >= 4 is 28.8 Å². The average Bonchev–Trinajstić information content (AvgIpc) is 3.34. The molecule has 0 saturated heterocycles. The fourth-order valence-electron chi connectivity index (χ4n) is 3.95. The molecule has 0 spiro atoms. The number of anilines is 1. The number of aromatic nitrogens is 7. The smallest absolute Gasteiger partial charge is 0.259 e. The van der Waals surface area contributed by atoms with Crippen molar-refractivity contribution in [2.45, 2.75) is 18.8 Å². The molecule has 11 heteroatoms. The Morgan fingerprint density at radius 2 is 1.94 bits per heavy atom. The number of fused-ring (bicyclic) bond motifs is 1. The van der Waals surface area contributed by atoms with Gasteiger partial charge in [-0.25, -0.2) is 19.3 Å². The summed E-state index contributed by atoms with van der Waals surface area (Å²) in [6.45, 7) is 0. The molecule has 0 unspecified atom stereocenters. The third kappa shape index (κ3) is 3.44. The van der Waals surface area contributed by atoms with Crippen LogP contribution in [0.5, 0.6) is 0 Å². The summed E-state index contributed by atoms with van der Waals surface area (Å²) >= 11 is 6.37. The molecule has 1 fully saturated rings. The summed E-state index contributed by atoms with van der Waals surface area (Å²) in [4.78, 5) is 34.2. The summed E-state index contributed by atoms with van der Waals surface area (Å²) in [5.74, 6) is 0.348. The summed E-state index contributed by atoms with van der Waals surface area (Å²) in [6.07, 6.45) is 11.5. The Kier molecular flexibility index (Phi) is 4.73. The van der Waals surface area contributed by atoms with Crippen molar-refractivity contribution in [1.29, 1.82) is 0 Å². The molecule has 1 saturated carbocycles. The van der Waals surface area contributed by atoms with Crippen LogP contribution < -0.4 is 10.9 Å². The number of nitrogens with zero attached hydrogens (tertiary/aromatic N) is 7. The fourth-order valence-corrected chi connectivity index (χ4v) is 4.20. The van der Waals surface area contributed by atoms with E-state index in [9.17, 15) is 9.59 Å². The topological polar surface area (TPSA) is 112 Å². The van der Waals surface area contributed by atoms with Crippen LogP contribution >= 0.6 is 11.6 Å². The third-order valence-electron chi connectivity index (χ3n) is 5.64. The van der Waals surface area contributed by atoms with Gasteiger partial charge in [0.1, 0.15) is 5.69 Å². The van der Waals surface area contributed by atoms with E-state index in [1.807, 2.05) is 6.07 Å². The molecule has 0 radical (unpaired) electrons. The monoisotopic (exact) mass is 472 g/mol. The first kappa shape index (κ1) is 20.3. The van der Waals surface area contributed by atoms with Gasteiger partial charge in [-0.05, 0) is 37.1 Å². The molecule has 168 valence electrons. The highest BCUT2D eigenvalue weighted by Gasteiger charge is 2.33. The van der Waals surface area contributed by atoms with Crippen LogP contribution in [0.1, 0.15) is 34.8 Å². The highest BCUT2D eigenvalue weighted by atomic mass is 35.5. The summed E-state index contributed by atoms with van der Waals surface area (Å²) in [6, 6.07) is 8.40. The van der Waals surface area contributed by atoms with Gasteiger partial charge < -0.3 is 5.32 Å². The number of carbonyl (C=O) groups is 1. The van der Waals surface area contributed by atoms with Gasteiger partial charge in [-0.3, -0.25) is 14.0 Å². The lowest BCUT2D eigenvalue weighted by Gasteiger charge is -2.12. The van der Waals surface area contributed by atoms with E-state index in [4.69, 9.17) is 11.6 Å². The summed E-state index contributed by atoms with van der Waals surface area (Å²) in [5.41, 5.74) is 2.62. The molecule has 10 nitrogen and oxygen atoms in total. The van der Waals surface area contributed by atoms with Gasteiger partial charge in [-0.1, -0.05) is 11.6 Å². The highest BCUT2D eigenvalue weighted by Crippen LogP contribution is 2.43. The van der Waals surface area contributed by atoms with E-state index in [1.165, 1.54) is 22.9 Å². The standard InChI is InChI=1S/C23H17ClN8O2/c24-17-11-15(12-26-21(17)31-10-2-7-27-31)29-23(34)16-13-28-32(20(16)14-4-5-14)18-3-1-9-30-19(33)6-8-25-22(18)30/h1-3,6-14H,4-5H2,(H,29,34). The van der Waals surface area contributed by atoms with Crippen molar-refractivity contribution in [3.05, 3.63) is 94.1 Å². The second-order valence-corrected chi connectivity index (χ2v) is 8.34. The van der Waals surface area contributed by atoms with Gasteiger partial charge in [-0.15, -0.1) is 0 Å². The van der Waals surface area contributed by atoms with E-state index in [1.54, 1.807) is 52.4 Å². The maximum Gasteiger partial charge on any atom is 0.259 e. The van der Waals surface area contributed by atoms with Gasteiger partial charge in [0.2, 0.25) is 0 Å². The Morgan fingerprint density at radius 1 is 1.06 bits per heavy atom. The molecule has 5 aromatic rings. The zero-order valence-electron chi connectivity index (χ0n) is 17.7. The number of pyridine rings is 2. The van der Waals surface area contributed by atoms with E-state index in [-0.39, 0.29) is 17.4 Å². The van der Waals surface area contributed by atoms with Gasteiger partial charge in [0, 0.05) is 36.8 Å². The maximum absolute atomic E-state index is 13.2. The zero-order chi connectivity index (χ0) is 23.2. The number of rotatable bonds is 5. The molecule has 34 heavy (non-hydrogen) atoms. The molecule has 0 atom stereocenters. The summed E-state index contributed by atoms with van der Waals surface area (Å²) in [5, 5.41) is 11.8. The van der Waals surface area contributed by atoms with Crippen LogP contribution in [0.25, 0.3) is 17.2 Å². The molecule has 1 aliphatic rings. The second-order valence-electron chi connectivity index (χ2n) is 7.93. The van der Waals surface area contributed by atoms with Gasteiger partial charge in [-0.2, -0.15) is 10.2 Å². The van der Waals surface area contributed by atoms with Crippen molar-refractivity contribution in [2.24, 2.45) is 0 Å². The van der Waals surface area contributed by atoms with E-state index in [0.717, 1.165) is 18.5 Å². The summed E-state index contributed by atoms with van der Waals surface area (Å²) < 4.78 is 4.72. The predicted octanol–water partition coefficient (Wildman–Crippen LogP) is 3.24. The van der Waals surface area contributed by atoms with Crippen LogP contribution in [-0.2, 0) is 0 Å². The van der Waals surface area contributed by atoms with Crippen LogP contribution in [0.4, 0.5) is 5.69 Å². The molecular formula is C23H17ClN8O2. The van der Waals surface area contributed by atoms with Gasteiger partial charge >= 0.3 is 0 Å².